The number of rotatable bonds is 6. The molecule has 1 aromatic rings. The highest BCUT2D eigenvalue weighted by Crippen LogP contribution is 2.90. The molecule has 0 saturated heterocycles. The molecule has 5 unspecified atom stereocenters. The molecule has 5 fully saturated rings. The van der Waals surface area contributed by atoms with Crippen LogP contribution >= 0.6 is 0 Å². The number of carbonyl (C=O) groups excluding carboxylic acids is 2. The predicted molar refractivity (Wildman–Crippen MR) is 149 cm³/mol. The van der Waals surface area contributed by atoms with Crippen LogP contribution in [0.1, 0.15) is 64.5 Å². The summed E-state index contributed by atoms with van der Waals surface area (Å²) in [6.07, 6.45) is 7.57. The molecule has 5 aliphatic carbocycles. The maximum Gasteiger partial charge on any atom is 0.265 e. The third-order valence-electron chi connectivity index (χ3n) is 11.6. The number of fused-ring (bicyclic) bond motifs is 2. The zero-order valence-electron chi connectivity index (χ0n) is 23.1. The number of carbonyl (C=O) groups is 2. The van der Waals surface area contributed by atoms with Gasteiger partial charge in [0.05, 0.1) is 22.3 Å². The summed E-state index contributed by atoms with van der Waals surface area (Å²) in [5.41, 5.74) is 0.0126. The van der Waals surface area contributed by atoms with Crippen molar-refractivity contribution in [3.63, 3.8) is 0 Å². The molecule has 5 atom stereocenters. The lowest BCUT2D eigenvalue weighted by Crippen LogP contribution is -2.52. The Morgan fingerprint density at radius 2 is 1.33 bits per heavy atom. The first-order chi connectivity index (χ1) is 17.8. The standard InChI is InChI=1S/C30H36O7S2/c1-26(2)22-10-11-28(26,16-38(5,33)34)24(31)20(22)14-18-6-8-19(9-7-18)15-21-23-27(3,4)30(23)13-12-29(30,25(21)32)17-39(35,36)37/h6-9,14-15,22-23H,10-13,16-17H2,1-5H3,(H,35,36,37)/b20-14-,21-15-. The van der Waals surface area contributed by atoms with Gasteiger partial charge in [0.25, 0.3) is 10.1 Å². The van der Waals surface area contributed by atoms with Crippen LogP contribution in [-0.2, 0) is 29.5 Å². The smallest absolute Gasteiger partial charge is 0.265 e. The van der Waals surface area contributed by atoms with Crippen molar-refractivity contribution < 1.29 is 31.0 Å². The molecule has 0 heterocycles. The number of sulfone groups is 1. The van der Waals surface area contributed by atoms with Crippen molar-refractivity contribution in [3.8, 4) is 0 Å². The molecular weight excluding hydrogens is 536 g/mol. The van der Waals surface area contributed by atoms with Gasteiger partial charge in [-0.25, -0.2) is 8.42 Å². The van der Waals surface area contributed by atoms with Gasteiger partial charge >= 0.3 is 0 Å². The fraction of sp³-hybridized carbons (Fsp3) is 0.600. The number of hydrogen-bond acceptors (Lipinski definition) is 6. The molecule has 0 aromatic heterocycles. The third-order valence-corrected chi connectivity index (χ3v) is 13.5. The van der Waals surface area contributed by atoms with Crippen LogP contribution in [0.2, 0.25) is 0 Å². The molecule has 0 amide bonds. The second-order valence-electron chi connectivity index (χ2n) is 13.9. The zero-order valence-corrected chi connectivity index (χ0v) is 24.7. The number of ketones is 2. The quantitative estimate of drug-likeness (QED) is 0.396. The summed E-state index contributed by atoms with van der Waals surface area (Å²) >= 11 is 0. The van der Waals surface area contributed by atoms with Gasteiger partial charge in [0.15, 0.2) is 11.6 Å². The van der Waals surface area contributed by atoms with Crippen molar-refractivity contribution in [3.05, 3.63) is 46.5 Å². The van der Waals surface area contributed by atoms with E-state index in [-0.39, 0.29) is 34.6 Å². The number of benzene rings is 1. The van der Waals surface area contributed by atoms with Gasteiger partial charge in [-0.3, -0.25) is 14.1 Å². The van der Waals surface area contributed by atoms with E-state index >= 15 is 0 Å². The molecule has 1 aromatic carbocycles. The van der Waals surface area contributed by atoms with Crippen LogP contribution in [0.4, 0.5) is 0 Å². The molecule has 7 nitrogen and oxygen atoms in total. The van der Waals surface area contributed by atoms with Crippen LogP contribution in [0.3, 0.4) is 0 Å². The summed E-state index contributed by atoms with van der Waals surface area (Å²) in [5.74, 6) is -0.888. The first-order valence-corrected chi connectivity index (χ1v) is 17.3. The second-order valence-corrected chi connectivity index (χ2v) is 17.5. The first-order valence-electron chi connectivity index (χ1n) is 13.6. The van der Waals surface area contributed by atoms with E-state index in [1.807, 2.05) is 50.3 Å². The Balaban J connectivity index is 1.30. The van der Waals surface area contributed by atoms with Gasteiger partial charge in [-0.1, -0.05) is 52.0 Å². The normalized spacial score (nSPS) is 39.6. The fourth-order valence-corrected chi connectivity index (χ4v) is 12.5. The molecule has 0 aliphatic heterocycles. The molecule has 2 bridgehead atoms. The van der Waals surface area contributed by atoms with Gasteiger partial charge < -0.3 is 0 Å². The molecular formula is C30H36O7S2. The summed E-state index contributed by atoms with van der Waals surface area (Å²) in [6, 6.07) is 7.56. The van der Waals surface area contributed by atoms with Gasteiger partial charge in [0, 0.05) is 23.3 Å². The Morgan fingerprint density at radius 3 is 1.82 bits per heavy atom. The maximum atomic E-state index is 13.6. The first kappa shape index (κ1) is 27.1. The van der Waals surface area contributed by atoms with Crippen LogP contribution in [-0.4, -0.2) is 50.7 Å². The summed E-state index contributed by atoms with van der Waals surface area (Å²) in [5, 5.41) is 0. The van der Waals surface area contributed by atoms with E-state index in [0.717, 1.165) is 24.0 Å². The minimum absolute atomic E-state index is 0.00686. The van der Waals surface area contributed by atoms with Crippen LogP contribution in [0.25, 0.3) is 12.2 Å². The van der Waals surface area contributed by atoms with E-state index in [4.69, 9.17) is 0 Å². The van der Waals surface area contributed by atoms with E-state index in [1.165, 1.54) is 6.26 Å². The van der Waals surface area contributed by atoms with E-state index < -0.39 is 47.4 Å². The SMILES string of the molecule is CC1(C)C2CCC1(CS(C)(=O)=O)C(=O)/C2=C\c1ccc(/C=C2\C(=O)C3(CS(=O)(=O)O)CCC34C2C4(C)C)cc1. The average molecular weight is 573 g/mol. The lowest BCUT2D eigenvalue weighted by molar-refractivity contribution is -0.134. The Morgan fingerprint density at radius 1 is 0.795 bits per heavy atom. The van der Waals surface area contributed by atoms with E-state index in [0.29, 0.717) is 24.0 Å². The van der Waals surface area contributed by atoms with Gasteiger partial charge in [-0.15, -0.1) is 0 Å². The summed E-state index contributed by atoms with van der Waals surface area (Å²) in [7, 11) is -7.63. The van der Waals surface area contributed by atoms with Gasteiger partial charge in [0.1, 0.15) is 9.84 Å². The lowest BCUT2D eigenvalue weighted by Gasteiger charge is -2.48. The van der Waals surface area contributed by atoms with Crippen molar-refractivity contribution in [1.29, 1.82) is 0 Å². The van der Waals surface area contributed by atoms with E-state index in [1.54, 1.807) is 0 Å². The van der Waals surface area contributed by atoms with Crippen molar-refractivity contribution in [2.24, 2.45) is 38.9 Å². The Bertz CT molecular complexity index is 1610. The highest BCUT2D eigenvalue weighted by molar-refractivity contribution is 7.90. The minimum atomic E-state index is -4.30. The zero-order chi connectivity index (χ0) is 28.6. The molecule has 5 saturated carbocycles. The molecule has 0 radical (unpaired) electrons. The molecule has 5 aliphatic rings. The van der Waals surface area contributed by atoms with E-state index in [9.17, 15) is 31.0 Å². The number of Topliss-reactive ketones (excluding diaryl/α,β-unsaturated/α-hetero) is 2. The number of allylic oxidation sites excluding steroid dienone is 2. The Labute approximate surface area is 230 Å². The average Bonchev–Trinajstić information content (AvgIpc) is 3.12. The highest BCUT2D eigenvalue weighted by atomic mass is 32.2. The van der Waals surface area contributed by atoms with E-state index in [2.05, 4.69) is 13.8 Å². The largest absolute Gasteiger partial charge is 0.294 e. The topological polar surface area (TPSA) is 123 Å². The molecule has 210 valence electrons. The number of hydrogen-bond donors (Lipinski definition) is 1. The van der Waals surface area contributed by atoms with Gasteiger partial charge in [0.2, 0.25) is 0 Å². The molecule has 1 N–H and O–H groups in total. The summed E-state index contributed by atoms with van der Waals surface area (Å²) < 4.78 is 57.8. The van der Waals surface area contributed by atoms with Crippen LogP contribution in [0, 0.1) is 38.9 Å². The maximum absolute atomic E-state index is 13.6. The summed E-state index contributed by atoms with van der Waals surface area (Å²) in [6.45, 7) is 8.18. The highest BCUT2D eigenvalue weighted by Gasteiger charge is 2.90. The van der Waals surface area contributed by atoms with Crippen molar-refractivity contribution >= 4 is 43.7 Å². The lowest BCUT2D eigenvalue weighted by atomic mass is 9.55. The van der Waals surface area contributed by atoms with Crippen LogP contribution in [0.15, 0.2) is 35.4 Å². The predicted octanol–water partition coefficient (Wildman–Crippen LogP) is 4.40. The van der Waals surface area contributed by atoms with Crippen molar-refractivity contribution in [1.82, 2.24) is 0 Å². The molecule has 1 spiro atoms. The van der Waals surface area contributed by atoms with Crippen molar-refractivity contribution in [2.75, 3.05) is 17.8 Å². The van der Waals surface area contributed by atoms with Crippen LogP contribution in [0.5, 0.6) is 0 Å². The fourth-order valence-electron chi connectivity index (χ4n) is 9.79. The monoisotopic (exact) mass is 572 g/mol. The van der Waals surface area contributed by atoms with Gasteiger partial charge in [-0.05, 0) is 71.1 Å². The molecule has 6 rings (SSSR count). The van der Waals surface area contributed by atoms with Crippen LogP contribution < -0.4 is 0 Å². The Hall–Kier alpha value is -2.10. The second kappa shape index (κ2) is 7.59. The summed E-state index contributed by atoms with van der Waals surface area (Å²) in [4.78, 5) is 27.1. The molecule has 9 heteroatoms. The molecule has 39 heavy (non-hydrogen) atoms. The van der Waals surface area contributed by atoms with Gasteiger partial charge in [-0.2, -0.15) is 8.42 Å². The van der Waals surface area contributed by atoms with Crippen molar-refractivity contribution in [2.45, 2.75) is 53.4 Å². The Kier molecular flexibility index (Phi) is 5.27. The third kappa shape index (κ3) is 3.29. The minimum Gasteiger partial charge on any atom is -0.294 e.